The minimum absolute atomic E-state index is 0.658. The van der Waals surface area contributed by atoms with E-state index in [0.717, 1.165) is 44.7 Å². The highest BCUT2D eigenvalue weighted by Crippen LogP contribution is 2.42. The number of hydrogen-bond donors (Lipinski definition) is 0. The van der Waals surface area contributed by atoms with Crippen LogP contribution in [-0.2, 0) is 0 Å². The highest BCUT2D eigenvalue weighted by Gasteiger charge is 2.22. The lowest BCUT2D eigenvalue weighted by atomic mass is 9.95. The summed E-state index contributed by atoms with van der Waals surface area (Å²) in [6.07, 6.45) is 0. The van der Waals surface area contributed by atoms with E-state index in [9.17, 15) is 0 Å². The van der Waals surface area contributed by atoms with Crippen LogP contribution in [0, 0.1) is 48.5 Å². The lowest BCUT2D eigenvalue weighted by molar-refractivity contribution is 0.927. The van der Waals surface area contributed by atoms with Gasteiger partial charge in [0.2, 0.25) is 0 Å². The smallest absolute Gasteiger partial charge is 0.165 e. The second-order valence-electron chi connectivity index (χ2n) is 15.8. The Morgan fingerprint density at radius 3 is 1.14 bits per heavy atom. The van der Waals surface area contributed by atoms with Crippen LogP contribution >= 0.6 is 0 Å². The van der Waals surface area contributed by atoms with Crippen molar-refractivity contribution in [2.75, 3.05) is 0 Å². The second-order valence-corrected chi connectivity index (χ2v) is 15.8. The largest absolute Gasteiger partial charge is 0.309 e. The Kier molecular flexibility index (Phi) is 7.98. The number of fused-ring (bicyclic) bond motifs is 6. The minimum Gasteiger partial charge on any atom is -0.309 e. The average molecular weight is 738 g/mol. The van der Waals surface area contributed by atoms with E-state index in [0.29, 0.717) is 17.5 Å². The zero-order valence-corrected chi connectivity index (χ0v) is 33.4. The van der Waals surface area contributed by atoms with Crippen molar-refractivity contribution >= 4 is 43.6 Å². The van der Waals surface area contributed by atoms with E-state index < -0.39 is 0 Å². The van der Waals surface area contributed by atoms with Gasteiger partial charge in [0.1, 0.15) is 11.6 Å². The first-order valence-corrected chi connectivity index (χ1v) is 19.7. The Morgan fingerprint density at radius 2 is 0.684 bits per heavy atom. The van der Waals surface area contributed by atoms with E-state index in [1.165, 1.54) is 66.0 Å². The van der Waals surface area contributed by atoms with Crippen molar-refractivity contribution in [2.24, 2.45) is 0 Å². The Bertz CT molecular complexity index is 3110. The van der Waals surface area contributed by atoms with E-state index >= 15 is 0 Å². The topological polar surface area (TPSA) is 48.5 Å². The molecule has 3 aromatic heterocycles. The second kappa shape index (κ2) is 13.1. The predicted octanol–water partition coefficient (Wildman–Crippen LogP) is 13.2. The zero-order chi connectivity index (χ0) is 39.1. The maximum absolute atomic E-state index is 5.00. The van der Waals surface area contributed by atoms with Gasteiger partial charge in [-0.15, -0.1) is 0 Å². The van der Waals surface area contributed by atoms with Gasteiger partial charge >= 0.3 is 0 Å². The van der Waals surface area contributed by atoms with Crippen molar-refractivity contribution in [3.8, 4) is 45.0 Å². The molecule has 5 heteroatoms. The molecule has 276 valence electrons. The zero-order valence-electron chi connectivity index (χ0n) is 33.4. The van der Waals surface area contributed by atoms with Crippen LogP contribution in [0.3, 0.4) is 0 Å². The van der Waals surface area contributed by atoms with Crippen LogP contribution in [0.1, 0.15) is 39.5 Å². The number of benzene rings is 7. The number of rotatable bonds is 5. The van der Waals surface area contributed by atoms with Gasteiger partial charge < -0.3 is 9.13 Å². The van der Waals surface area contributed by atoms with Crippen molar-refractivity contribution in [3.63, 3.8) is 0 Å². The molecule has 0 bridgehead atoms. The molecule has 0 saturated carbocycles. The molecular weight excluding hydrogens is 695 g/mol. The Hall–Kier alpha value is -6.85. The maximum Gasteiger partial charge on any atom is 0.165 e. The van der Waals surface area contributed by atoms with Crippen LogP contribution in [0.2, 0.25) is 0 Å². The molecule has 0 spiro atoms. The van der Waals surface area contributed by atoms with E-state index in [4.69, 9.17) is 9.97 Å². The molecule has 0 aliphatic rings. The number of nitrogens with zero attached hydrogens (tertiary/aromatic N) is 5. The summed E-state index contributed by atoms with van der Waals surface area (Å²) in [5.41, 5.74) is 18.5. The fourth-order valence-corrected chi connectivity index (χ4v) is 8.72. The highest BCUT2D eigenvalue weighted by atomic mass is 15.0. The van der Waals surface area contributed by atoms with E-state index in [2.05, 4.69) is 182 Å². The SMILES string of the molecule is Cc1ccc(-c2ccc(-n3c4ccc(C)cc4c4cc(C)ccc43)c(-c3ccc(-n4c5ccc(C)cc5c5cc(C)ccc54)c(-c4nc(C)nc(C)n4)c3)c2)cc1. The summed E-state index contributed by atoms with van der Waals surface area (Å²) in [4.78, 5) is 14.6. The van der Waals surface area contributed by atoms with Crippen LogP contribution in [0.5, 0.6) is 0 Å². The first-order chi connectivity index (χ1) is 27.6. The van der Waals surface area contributed by atoms with Gasteiger partial charge in [-0.2, -0.15) is 0 Å². The number of aromatic nitrogens is 5. The molecule has 0 saturated heterocycles. The summed E-state index contributed by atoms with van der Waals surface area (Å²) in [6, 6.07) is 49.7. The third-order valence-corrected chi connectivity index (χ3v) is 11.4. The first-order valence-electron chi connectivity index (χ1n) is 19.7. The van der Waals surface area contributed by atoms with Gasteiger partial charge in [0.05, 0.1) is 33.4 Å². The highest BCUT2D eigenvalue weighted by molar-refractivity contribution is 6.11. The quantitative estimate of drug-likeness (QED) is 0.177. The molecule has 0 N–H and O–H groups in total. The molecule has 0 aliphatic carbocycles. The lowest BCUT2D eigenvalue weighted by Gasteiger charge is -2.19. The van der Waals surface area contributed by atoms with Crippen LogP contribution < -0.4 is 0 Å². The van der Waals surface area contributed by atoms with Gasteiger partial charge in [0, 0.05) is 32.7 Å². The summed E-state index contributed by atoms with van der Waals surface area (Å²) in [5.74, 6) is 2.05. The van der Waals surface area contributed by atoms with Crippen LogP contribution in [0.4, 0.5) is 0 Å². The molecule has 0 amide bonds. The summed E-state index contributed by atoms with van der Waals surface area (Å²) in [5, 5.41) is 4.98. The fourth-order valence-electron chi connectivity index (χ4n) is 8.72. The predicted molar refractivity (Wildman–Crippen MR) is 238 cm³/mol. The summed E-state index contributed by atoms with van der Waals surface area (Å²) < 4.78 is 4.83. The molecule has 0 fully saturated rings. The molecule has 0 aliphatic heterocycles. The molecular formula is C52H43N5. The third kappa shape index (κ3) is 5.81. The molecule has 57 heavy (non-hydrogen) atoms. The summed E-state index contributed by atoms with van der Waals surface area (Å²) in [6.45, 7) is 14.7. The van der Waals surface area contributed by atoms with Crippen molar-refractivity contribution in [2.45, 2.75) is 48.5 Å². The summed E-state index contributed by atoms with van der Waals surface area (Å²) in [7, 11) is 0. The van der Waals surface area contributed by atoms with Crippen molar-refractivity contribution in [3.05, 3.63) is 173 Å². The van der Waals surface area contributed by atoms with E-state index in [1.807, 2.05) is 13.8 Å². The van der Waals surface area contributed by atoms with E-state index in [1.54, 1.807) is 0 Å². The van der Waals surface area contributed by atoms with Crippen molar-refractivity contribution in [1.82, 2.24) is 24.1 Å². The Labute approximate surface area is 332 Å². The normalized spacial score (nSPS) is 11.8. The average Bonchev–Trinajstić information content (AvgIpc) is 3.68. The van der Waals surface area contributed by atoms with Gasteiger partial charge in [-0.25, -0.2) is 15.0 Å². The molecule has 0 unspecified atom stereocenters. The number of hydrogen-bond acceptors (Lipinski definition) is 3. The van der Waals surface area contributed by atoms with Gasteiger partial charge in [-0.1, -0.05) is 88.5 Å². The van der Waals surface area contributed by atoms with Crippen molar-refractivity contribution < 1.29 is 0 Å². The van der Waals surface area contributed by atoms with Gasteiger partial charge in [-0.3, -0.25) is 0 Å². The molecule has 0 atom stereocenters. The van der Waals surface area contributed by atoms with Gasteiger partial charge in [-0.05, 0) is 138 Å². The van der Waals surface area contributed by atoms with Crippen LogP contribution in [0.15, 0.2) is 133 Å². The Morgan fingerprint density at radius 1 is 0.316 bits per heavy atom. The lowest BCUT2D eigenvalue weighted by Crippen LogP contribution is -2.04. The first kappa shape index (κ1) is 34.6. The fraction of sp³-hybridized carbons (Fsp3) is 0.135. The van der Waals surface area contributed by atoms with Crippen LogP contribution in [-0.4, -0.2) is 24.1 Å². The monoisotopic (exact) mass is 737 g/mol. The van der Waals surface area contributed by atoms with Gasteiger partial charge in [0.15, 0.2) is 5.82 Å². The minimum atomic E-state index is 0.658. The van der Waals surface area contributed by atoms with Crippen molar-refractivity contribution in [1.29, 1.82) is 0 Å². The standard InChI is InChI=1S/C52H43N5/c1-30-8-14-37(15-9-30)38-16-22-46(56-47-18-10-31(2)24-41(47)42-25-32(3)11-19-48(42)56)40(28-38)39-17-23-51(45(29-39)52-54-35(6)53-36(7)55-52)57-49-20-12-33(4)26-43(49)44-27-34(5)13-21-50(44)57/h8-29H,1-7H3. The van der Waals surface area contributed by atoms with Gasteiger partial charge in [0.25, 0.3) is 0 Å². The summed E-state index contributed by atoms with van der Waals surface area (Å²) >= 11 is 0. The molecule has 7 aromatic carbocycles. The van der Waals surface area contributed by atoms with Crippen LogP contribution in [0.25, 0.3) is 88.6 Å². The molecule has 10 aromatic rings. The maximum atomic E-state index is 5.00. The third-order valence-electron chi connectivity index (χ3n) is 11.4. The van der Waals surface area contributed by atoms with E-state index in [-0.39, 0.29) is 0 Å². The Balaban J connectivity index is 1.30. The number of aryl methyl sites for hydroxylation is 7. The molecule has 3 heterocycles. The molecule has 0 radical (unpaired) electrons. The molecule has 10 rings (SSSR count). The molecule has 5 nitrogen and oxygen atoms in total.